The van der Waals surface area contributed by atoms with Gasteiger partial charge in [-0.25, -0.2) is 0 Å². The Kier molecular flexibility index (Phi) is 29.8. The van der Waals surface area contributed by atoms with Crippen LogP contribution in [-0.4, -0.2) is 31.1 Å². The Morgan fingerprint density at radius 3 is 1.85 bits per heavy atom. The molecule has 0 saturated heterocycles. The lowest BCUT2D eigenvalue weighted by Gasteiger charge is -1.93. The summed E-state index contributed by atoms with van der Waals surface area (Å²) < 4.78 is 0. The zero-order chi connectivity index (χ0) is 9.28. The van der Waals surface area contributed by atoms with E-state index < -0.39 is 5.97 Å². The number of carboxylic acid groups (broad SMARTS) is 1. The van der Waals surface area contributed by atoms with Crippen molar-refractivity contribution >= 4 is 11.9 Å². The molecule has 0 saturated carbocycles. The third-order valence-electron chi connectivity index (χ3n) is 0.845. The normalized spacial score (nSPS) is 6.38. The molecule has 4 N–H and O–H groups in total. The number of carbonyl (C=O) groups excluding carboxylic acids is 1. The van der Waals surface area contributed by atoms with Crippen molar-refractivity contribution in [2.24, 2.45) is 5.73 Å². The summed E-state index contributed by atoms with van der Waals surface area (Å²) in [4.78, 5) is 20.2. The van der Waals surface area contributed by atoms with E-state index in [1.807, 2.05) is 0 Å². The Labute approximate surface area is 80.3 Å². The summed E-state index contributed by atoms with van der Waals surface area (Å²) in [6, 6.07) is 0. The molecule has 0 heterocycles. The summed E-state index contributed by atoms with van der Waals surface area (Å²) >= 11 is 0. The molecule has 0 atom stereocenters. The van der Waals surface area contributed by atoms with Gasteiger partial charge in [-0.15, -0.1) is 0 Å². The molecule has 0 aliphatic rings. The van der Waals surface area contributed by atoms with Crippen molar-refractivity contribution < 1.29 is 14.7 Å². The molecule has 0 aromatic rings. The zero-order valence-corrected chi connectivity index (χ0v) is 6.76. The van der Waals surface area contributed by atoms with Crippen LogP contribution in [0.4, 0.5) is 0 Å². The highest BCUT2D eigenvalue weighted by molar-refractivity contribution is 5.80. The van der Waals surface area contributed by atoms with Gasteiger partial charge in [-0.2, -0.15) is 0 Å². The maximum Gasteiger partial charge on any atom is 0.303 e. The zero-order valence-electron chi connectivity index (χ0n) is 6.76. The monoisotopic (exact) mass is 194 g/mol. The highest BCUT2D eigenvalue weighted by Crippen LogP contribution is 1.86. The molecule has 0 aliphatic carbocycles. The fraction of sp³-hybridized carbons (Fsp3) is 0.750. The van der Waals surface area contributed by atoms with Crippen LogP contribution in [0.5, 0.6) is 0 Å². The summed E-state index contributed by atoms with van der Waals surface area (Å²) in [5.74, 6) is -1.18. The molecule has 0 aromatic carbocycles. The molecular formula is C8H22N2O3. The fourth-order valence-corrected chi connectivity index (χ4v) is 0.345. The second-order valence-electron chi connectivity index (χ2n) is 1.57. The topological polar surface area (TPSA) is 92.4 Å². The van der Waals surface area contributed by atoms with Gasteiger partial charge in [-0.3, -0.25) is 9.59 Å². The van der Waals surface area contributed by atoms with Crippen LogP contribution in [-0.2, 0) is 9.59 Å². The van der Waals surface area contributed by atoms with E-state index in [1.54, 1.807) is 0 Å². The van der Waals surface area contributed by atoms with Crippen LogP contribution in [0.15, 0.2) is 0 Å². The maximum atomic E-state index is 10.3. The average molecular weight is 194 g/mol. The standard InChI is InChI=1S/C5H9NO3.CH5N.2CH4/c1-6-4(7)2-3-5(8)9;1-2;;/h2-3H2,1H3,(H,6,7)(H,8,9);2H2,1H3;2*1H4. The molecule has 82 valence electrons. The lowest BCUT2D eigenvalue weighted by molar-refractivity contribution is -0.138. The second-order valence-corrected chi connectivity index (χ2v) is 1.57. The van der Waals surface area contributed by atoms with Crippen LogP contribution in [0.3, 0.4) is 0 Å². The van der Waals surface area contributed by atoms with Gasteiger partial charge in [-0.1, -0.05) is 14.9 Å². The molecule has 5 nitrogen and oxygen atoms in total. The molecule has 0 rings (SSSR count). The third kappa shape index (κ3) is 24.8. The van der Waals surface area contributed by atoms with Crippen LogP contribution < -0.4 is 11.1 Å². The molecule has 5 heteroatoms. The van der Waals surface area contributed by atoms with Crippen molar-refractivity contribution in [3.8, 4) is 0 Å². The molecule has 0 radical (unpaired) electrons. The summed E-state index contributed by atoms with van der Waals surface area (Å²) in [5.41, 5.74) is 4.50. The lowest BCUT2D eigenvalue weighted by atomic mass is 10.3. The molecule has 0 spiro atoms. The number of rotatable bonds is 3. The molecule has 0 aromatic heterocycles. The molecule has 13 heavy (non-hydrogen) atoms. The molecule has 0 bridgehead atoms. The van der Waals surface area contributed by atoms with Crippen LogP contribution in [0.2, 0.25) is 0 Å². The minimum Gasteiger partial charge on any atom is -0.481 e. The number of aliphatic carboxylic acids is 1. The Balaban J connectivity index is -0.0000000941. The van der Waals surface area contributed by atoms with Crippen LogP contribution in [0, 0.1) is 0 Å². The molecule has 0 aliphatic heterocycles. The number of amides is 1. The van der Waals surface area contributed by atoms with Gasteiger partial charge in [0.2, 0.25) is 5.91 Å². The first-order chi connectivity index (χ1) is 5.16. The van der Waals surface area contributed by atoms with E-state index in [2.05, 4.69) is 11.1 Å². The predicted molar refractivity (Wildman–Crippen MR) is 54.5 cm³/mol. The average Bonchev–Trinajstić information content (AvgIpc) is 2.04. The SMILES string of the molecule is C.C.CN.CNC(=O)CCC(=O)O. The van der Waals surface area contributed by atoms with Gasteiger partial charge >= 0.3 is 5.97 Å². The first-order valence-corrected chi connectivity index (χ1v) is 3.17. The van der Waals surface area contributed by atoms with E-state index in [9.17, 15) is 9.59 Å². The van der Waals surface area contributed by atoms with E-state index in [4.69, 9.17) is 5.11 Å². The summed E-state index contributed by atoms with van der Waals surface area (Å²) in [6.45, 7) is 0. The fourth-order valence-electron chi connectivity index (χ4n) is 0.345. The smallest absolute Gasteiger partial charge is 0.303 e. The highest BCUT2D eigenvalue weighted by atomic mass is 16.4. The van der Waals surface area contributed by atoms with Crippen LogP contribution in [0.1, 0.15) is 27.7 Å². The second kappa shape index (κ2) is 17.1. The van der Waals surface area contributed by atoms with Gasteiger partial charge in [0.05, 0.1) is 6.42 Å². The number of hydrogen-bond acceptors (Lipinski definition) is 3. The van der Waals surface area contributed by atoms with Gasteiger partial charge in [0.15, 0.2) is 0 Å². The molecule has 0 fully saturated rings. The Morgan fingerprint density at radius 2 is 1.62 bits per heavy atom. The number of nitrogens with two attached hydrogens (primary N) is 1. The van der Waals surface area contributed by atoms with Gasteiger partial charge in [-0.05, 0) is 7.05 Å². The molecule has 1 amide bonds. The predicted octanol–water partition coefficient (Wildman–Crippen LogP) is 0.444. The third-order valence-corrected chi connectivity index (χ3v) is 0.845. The van der Waals surface area contributed by atoms with Crippen molar-refractivity contribution in [1.82, 2.24) is 5.32 Å². The first-order valence-electron chi connectivity index (χ1n) is 3.17. The number of hydrogen-bond donors (Lipinski definition) is 3. The van der Waals surface area contributed by atoms with Crippen molar-refractivity contribution in [2.45, 2.75) is 27.7 Å². The van der Waals surface area contributed by atoms with Crippen molar-refractivity contribution in [1.29, 1.82) is 0 Å². The summed E-state index contributed by atoms with van der Waals surface area (Å²) in [6.07, 6.45) is -0.0362. The molecule has 0 unspecified atom stereocenters. The van der Waals surface area contributed by atoms with Gasteiger partial charge in [0.25, 0.3) is 0 Å². The van der Waals surface area contributed by atoms with Gasteiger partial charge < -0.3 is 16.2 Å². The highest BCUT2D eigenvalue weighted by Gasteiger charge is 2.00. The lowest BCUT2D eigenvalue weighted by Crippen LogP contribution is -2.18. The van der Waals surface area contributed by atoms with Gasteiger partial charge in [0.1, 0.15) is 0 Å². The minimum atomic E-state index is -0.946. The summed E-state index contributed by atoms with van der Waals surface area (Å²) in [7, 11) is 2.98. The van der Waals surface area contributed by atoms with E-state index >= 15 is 0 Å². The van der Waals surface area contributed by atoms with E-state index in [0.29, 0.717) is 0 Å². The van der Waals surface area contributed by atoms with Crippen LogP contribution >= 0.6 is 0 Å². The molecular weight excluding hydrogens is 172 g/mol. The van der Waals surface area contributed by atoms with Crippen molar-refractivity contribution in [2.75, 3.05) is 14.1 Å². The minimum absolute atomic E-state index is 0. The van der Waals surface area contributed by atoms with Gasteiger partial charge in [0, 0.05) is 13.5 Å². The van der Waals surface area contributed by atoms with Crippen molar-refractivity contribution in [3.05, 3.63) is 0 Å². The largest absolute Gasteiger partial charge is 0.481 e. The van der Waals surface area contributed by atoms with Crippen LogP contribution in [0.25, 0.3) is 0 Å². The number of carboxylic acids is 1. The Morgan fingerprint density at radius 1 is 1.23 bits per heavy atom. The first kappa shape index (κ1) is 22.7. The van der Waals surface area contributed by atoms with E-state index in [-0.39, 0.29) is 33.6 Å². The van der Waals surface area contributed by atoms with Crippen molar-refractivity contribution in [3.63, 3.8) is 0 Å². The van der Waals surface area contributed by atoms with E-state index in [1.165, 1.54) is 14.1 Å². The quantitative estimate of drug-likeness (QED) is 0.608. The Hall–Kier alpha value is -1.10. The maximum absolute atomic E-state index is 10.3. The number of carbonyl (C=O) groups is 2. The van der Waals surface area contributed by atoms with E-state index in [0.717, 1.165) is 0 Å². The summed E-state index contributed by atoms with van der Waals surface area (Å²) in [5, 5.41) is 10.4. The Bertz CT molecular complexity index is 127. The number of nitrogens with one attached hydrogen (secondary N) is 1.